The molecule has 0 unspecified atom stereocenters. The summed E-state index contributed by atoms with van der Waals surface area (Å²) in [5.41, 5.74) is 3.27. The molecule has 2 aliphatic rings. The van der Waals surface area contributed by atoms with Crippen LogP contribution in [-0.2, 0) is 32.6 Å². The first kappa shape index (κ1) is 29.0. The quantitative estimate of drug-likeness (QED) is 0.383. The van der Waals surface area contributed by atoms with Crippen LogP contribution in [-0.4, -0.2) is 55.1 Å². The Morgan fingerprint density at radius 1 is 0.923 bits per heavy atom. The Hall–Kier alpha value is -2.97. The van der Waals surface area contributed by atoms with Crippen LogP contribution in [0.25, 0.3) is 0 Å². The Morgan fingerprint density at radius 3 is 2.31 bits per heavy atom. The van der Waals surface area contributed by atoms with E-state index in [1.807, 2.05) is 30.3 Å². The standard InChI is InChI=1S/C31H41N3O4S/c1-25(31(36)32-21-20-26-10-4-2-5-11-26)34(24-28-12-6-3-7-13-28)30(35)19-16-27-14-17-29(18-15-27)39(37,38)33-22-8-9-23-33/h3,6-7,10,12-15,17-18,25H,2,4-5,8-9,11,16,19-24H2,1H3,(H,32,36)/t25-/m0/s1. The van der Waals surface area contributed by atoms with Gasteiger partial charge in [-0.1, -0.05) is 54.1 Å². The van der Waals surface area contributed by atoms with Crippen molar-refractivity contribution in [2.24, 2.45) is 0 Å². The second-order valence-corrected chi connectivity index (χ2v) is 12.5. The van der Waals surface area contributed by atoms with E-state index in [1.165, 1.54) is 22.7 Å². The number of sulfonamides is 1. The zero-order chi connectivity index (χ0) is 27.7. The predicted octanol–water partition coefficient (Wildman–Crippen LogP) is 4.83. The Morgan fingerprint density at radius 2 is 1.64 bits per heavy atom. The molecule has 1 aliphatic heterocycles. The molecule has 1 saturated heterocycles. The van der Waals surface area contributed by atoms with Gasteiger partial charge in [-0.25, -0.2) is 8.42 Å². The summed E-state index contributed by atoms with van der Waals surface area (Å²) in [5.74, 6) is -0.252. The fourth-order valence-corrected chi connectivity index (χ4v) is 6.81. The fourth-order valence-electron chi connectivity index (χ4n) is 5.29. The van der Waals surface area contributed by atoms with Crippen molar-refractivity contribution in [3.05, 3.63) is 77.4 Å². The van der Waals surface area contributed by atoms with Gasteiger partial charge in [0.05, 0.1) is 4.90 Å². The molecule has 2 aromatic rings. The first-order chi connectivity index (χ1) is 18.8. The number of carbonyl (C=O) groups excluding carboxylic acids is 2. The number of amides is 2. The number of allylic oxidation sites excluding steroid dienone is 1. The summed E-state index contributed by atoms with van der Waals surface area (Å²) in [4.78, 5) is 28.4. The second-order valence-electron chi connectivity index (χ2n) is 10.6. The summed E-state index contributed by atoms with van der Waals surface area (Å²) < 4.78 is 27.1. The van der Waals surface area contributed by atoms with Gasteiger partial charge in [-0.15, -0.1) is 0 Å². The van der Waals surface area contributed by atoms with E-state index in [1.54, 1.807) is 36.1 Å². The molecule has 0 spiro atoms. The van der Waals surface area contributed by atoms with Gasteiger partial charge >= 0.3 is 0 Å². The van der Waals surface area contributed by atoms with E-state index in [2.05, 4.69) is 11.4 Å². The van der Waals surface area contributed by atoms with Gasteiger partial charge in [0.15, 0.2) is 0 Å². The molecule has 1 fully saturated rings. The van der Waals surface area contributed by atoms with E-state index in [0.29, 0.717) is 37.5 Å². The monoisotopic (exact) mass is 551 g/mol. The van der Waals surface area contributed by atoms with Gasteiger partial charge in [-0.3, -0.25) is 9.59 Å². The van der Waals surface area contributed by atoms with E-state index < -0.39 is 16.1 Å². The molecule has 0 radical (unpaired) electrons. The van der Waals surface area contributed by atoms with Gasteiger partial charge in [0.2, 0.25) is 21.8 Å². The molecular formula is C31H41N3O4S. The third-order valence-electron chi connectivity index (χ3n) is 7.75. The van der Waals surface area contributed by atoms with Crippen LogP contribution in [0.2, 0.25) is 0 Å². The summed E-state index contributed by atoms with van der Waals surface area (Å²) in [5, 5.41) is 3.03. The Balaban J connectivity index is 1.37. The molecule has 0 saturated carbocycles. The number of aryl methyl sites for hydroxylation is 1. The fraction of sp³-hybridized carbons (Fsp3) is 0.484. The Kier molecular flexibility index (Phi) is 10.3. The van der Waals surface area contributed by atoms with Crippen molar-refractivity contribution in [1.29, 1.82) is 0 Å². The van der Waals surface area contributed by atoms with Crippen LogP contribution in [0.3, 0.4) is 0 Å². The number of hydrogen-bond acceptors (Lipinski definition) is 4. The molecule has 210 valence electrons. The molecule has 1 atom stereocenters. The molecule has 1 heterocycles. The molecule has 0 aromatic heterocycles. The minimum atomic E-state index is -3.46. The first-order valence-corrected chi connectivity index (χ1v) is 15.7. The average molecular weight is 552 g/mol. The van der Waals surface area contributed by atoms with Crippen LogP contribution in [0.4, 0.5) is 0 Å². The molecule has 8 heteroatoms. The summed E-state index contributed by atoms with van der Waals surface area (Å²) in [6.45, 7) is 3.86. The number of benzene rings is 2. The lowest BCUT2D eigenvalue weighted by atomic mass is 9.97. The van der Waals surface area contributed by atoms with Crippen molar-refractivity contribution < 1.29 is 18.0 Å². The van der Waals surface area contributed by atoms with Crippen molar-refractivity contribution in [1.82, 2.24) is 14.5 Å². The molecule has 2 aromatic carbocycles. The molecular weight excluding hydrogens is 510 g/mol. The number of hydrogen-bond donors (Lipinski definition) is 1. The highest BCUT2D eigenvalue weighted by atomic mass is 32.2. The van der Waals surface area contributed by atoms with E-state index in [4.69, 9.17) is 0 Å². The van der Waals surface area contributed by atoms with E-state index in [0.717, 1.165) is 43.2 Å². The topological polar surface area (TPSA) is 86.8 Å². The largest absolute Gasteiger partial charge is 0.354 e. The zero-order valence-corrected chi connectivity index (χ0v) is 23.8. The maximum absolute atomic E-state index is 13.4. The maximum atomic E-state index is 13.4. The number of carbonyl (C=O) groups is 2. The van der Waals surface area contributed by atoms with Crippen molar-refractivity contribution in [3.8, 4) is 0 Å². The van der Waals surface area contributed by atoms with Crippen LogP contribution >= 0.6 is 0 Å². The van der Waals surface area contributed by atoms with Gasteiger partial charge in [0.25, 0.3) is 0 Å². The Bertz CT molecular complexity index is 1240. The second kappa shape index (κ2) is 13.9. The highest BCUT2D eigenvalue weighted by molar-refractivity contribution is 7.89. The van der Waals surface area contributed by atoms with Crippen LogP contribution in [0.1, 0.15) is 69.4 Å². The summed E-state index contributed by atoms with van der Waals surface area (Å²) in [6, 6.07) is 15.9. The van der Waals surface area contributed by atoms with Crippen molar-refractivity contribution >= 4 is 21.8 Å². The maximum Gasteiger partial charge on any atom is 0.243 e. The van der Waals surface area contributed by atoms with E-state index in [9.17, 15) is 18.0 Å². The third kappa shape index (κ3) is 8.02. The molecule has 1 N–H and O–H groups in total. The third-order valence-corrected chi connectivity index (χ3v) is 9.66. The zero-order valence-electron chi connectivity index (χ0n) is 23.0. The van der Waals surface area contributed by atoms with Gasteiger partial charge in [0, 0.05) is 32.6 Å². The minimum Gasteiger partial charge on any atom is -0.354 e. The first-order valence-electron chi connectivity index (χ1n) is 14.2. The minimum absolute atomic E-state index is 0.106. The lowest BCUT2D eigenvalue weighted by Crippen LogP contribution is -2.47. The average Bonchev–Trinajstić information content (AvgIpc) is 3.52. The lowest BCUT2D eigenvalue weighted by molar-refractivity contribution is -0.140. The van der Waals surface area contributed by atoms with Crippen LogP contribution in [0.15, 0.2) is 71.1 Å². The van der Waals surface area contributed by atoms with Gasteiger partial charge in [0.1, 0.15) is 6.04 Å². The summed E-state index contributed by atoms with van der Waals surface area (Å²) in [6.07, 6.45) is 10.3. The highest BCUT2D eigenvalue weighted by Gasteiger charge is 2.28. The van der Waals surface area contributed by atoms with Crippen LogP contribution < -0.4 is 5.32 Å². The number of rotatable bonds is 12. The molecule has 4 rings (SSSR count). The van der Waals surface area contributed by atoms with Gasteiger partial charge in [-0.2, -0.15) is 4.31 Å². The Labute approximate surface area is 233 Å². The summed E-state index contributed by atoms with van der Waals surface area (Å²) >= 11 is 0. The smallest absolute Gasteiger partial charge is 0.243 e. The molecule has 39 heavy (non-hydrogen) atoms. The predicted molar refractivity (Wildman–Crippen MR) is 153 cm³/mol. The van der Waals surface area contributed by atoms with Crippen molar-refractivity contribution in [2.45, 2.75) is 82.2 Å². The van der Waals surface area contributed by atoms with Gasteiger partial charge < -0.3 is 10.2 Å². The molecule has 7 nitrogen and oxygen atoms in total. The normalized spacial score (nSPS) is 16.9. The van der Waals surface area contributed by atoms with E-state index in [-0.39, 0.29) is 18.2 Å². The summed E-state index contributed by atoms with van der Waals surface area (Å²) in [7, 11) is -3.46. The van der Waals surface area contributed by atoms with Crippen LogP contribution in [0.5, 0.6) is 0 Å². The molecule has 2 amide bonds. The molecule has 0 bridgehead atoms. The lowest BCUT2D eigenvalue weighted by Gasteiger charge is -2.29. The highest BCUT2D eigenvalue weighted by Crippen LogP contribution is 2.22. The van der Waals surface area contributed by atoms with Crippen LogP contribution in [0, 0.1) is 0 Å². The van der Waals surface area contributed by atoms with Gasteiger partial charge in [-0.05, 0) is 81.5 Å². The van der Waals surface area contributed by atoms with Crippen molar-refractivity contribution in [2.75, 3.05) is 19.6 Å². The number of nitrogens with one attached hydrogen (secondary N) is 1. The molecule has 1 aliphatic carbocycles. The van der Waals surface area contributed by atoms with Crippen molar-refractivity contribution in [3.63, 3.8) is 0 Å². The van der Waals surface area contributed by atoms with E-state index >= 15 is 0 Å². The SMILES string of the molecule is C[C@@H](C(=O)NCCC1=CCCCC1)N(Cc1ccccc1)C(=O)CCc1ccc(S(=O)(=O)N2CCCC2)cc1. The number of nitrogens with zero attached hydrogens (tertiary/aromatic N) is 2.